The molecule has 0 aliphatic carbocycles. The topological polar surface area (TPSA) is 78.3 Å². The van der Waals surface area contributed by atoms with Crippen molar-refractivity contribution in [2.24, 2.45) is 5.92 Å². The van der Waals surface area contributed by atoms with Crippen LogP contribution in [0.1, 0.15) is 32.4 Å². The Morgan fingerprint density at radius 1 is 1.17 bits per heavy atom. The van der Waals surface area contributed by atoms with Crippen molar-refractivity contribution in [1.82, 2.24) is 14.8 Å². The van der Waals surface area contributed by atoms with Crippen molar-refractivity contribution < 1.29 is 14.3 Å². The van der Waals surface area contributed by atoms with Gasteiger partial charge in [-0.3, -0.25) is 4.79 Å². The molecular weight excluding hydrogens is 388 g/mol. The van der Waals surface area contributed by atoms with Crippen LogP contribution in [0.4, 0.5) is 5.82 Å². The maximum absolute atomic E-state index is 12.5. The van der Waals surface area contributed by atoms with E-state index in [4.69, 9.17) is 14.5 Å². The highest BCUT2D eigenvalue weighted by Gasteiger charge is 2.19. The first-order valence-electron chi connectivity index (χ1n) is 9.56. The van der Waals surface area contributed by atoms with Crippen LogP contribution < -0.4 is 14.8 Å². The van der Waals surface area contributed by atoms with Crippen LogP contribution in [0.15, 0.2) is 29.6 Å². The SMILES string of the molecule is CCC(CC)C(=O)Nc1cc(C)nn1-c1nc(-c2ccc(OC)c(OC)c2)cs1. The standard InChI is InChI=1S/C21H26N4O3S/c1-6-14(7-2)20(26)23-19-10-13(3)24-25(19)21-22-16(12-29-21)15-8-9-17(27-4)18(11-15)28-5/h8-12,14H,6-7H2,1-5H3,(H,23,26). The fraction of sp³-hybridized carbons (Fsp3) is 0.381. The van der Waals surface area contributed by atoms with Gasteiger partial charge in [-0.15, -0.1) is 11.3 Å². The summed E-state index contributed by atoms with van der Waals surface area (Å²) in [7, 11) is 3.21. The summed E-state index contributed by atoms with van der Waals surface area (Å²) in [5, 5.41) is 10.2. The third-order valence-corrected chi connectivity index (χ3v) is 5.61. The molecule has 0 aliphatic rings. The minimum Gasteiger partial charge on any atom is -0.493 e. The fourth-order valence-electron chi connectivity index (χ4n) is 3.11. The number of methoxy groups -OCH3 is 2. The Kier molecular flexibility index (Phi) is 6.53. The average molecular weight is 415 g/mol. The Bertz CT molecular complexity index is 992. The molecule has 1 aromatic carbocycles. The second-order valence-electron chi connectivity index (χ2n) is 6.67. The van der Waals surface area contributed by atoms with E-state index < -0.39 is 0 Å². The first-order chi connectivity index (χ1) is 14.0. The van der Waals surface area contributed by atoms with Crippen molar-refractivity contribution in [3.05, 3.63) is 35.3 Å². The third kappa shape index (κ3) is 4.42. The number of ether oxygens (including phenoxy) is 2. The van der Waals surface area contributed by atoms with E-state index in [1.165, 1.54) is 11.3 Å². The molecule has 0 spiro atoms. The normalized spacial score (nSPS) is 11.0. The van der Waals surface area contributed by atoms with E-state index in [0.29, 0.717) is 22.4 Å². The van der Waals surface area contributed by atoms with Crippen molar-refractivity contribution in [2.75, 3.05) is 19.5 Å². The number of amides is 1. The summed E-state index contributed by atoms with van der Waals surface area (Å²) in [4.78, 5) is 17.2. The molecule has 1 amide bonds. The molecule has 3 aromatic rings. The molecule has 0 saturated carbocycles. The number of hydrogen-bond donors (Lipinski definition) is 1. The van der Waals surface area contributed by atoms with E-state index in [9.17, 15) is 4.79 Å². The Balaban J connectivity index is 1.90. The number of anilines is 1. The maximum atomic E-state index is 12.5. The number of nitrogens with zero attached hydrogens (tertiary/aromatic N) is 3. The van der Waals surface area contributed by atoms with Gasteiger partial charge >= 0.3 is 0 Å². The number of aromatic nitrogens is 3. The molecule has 8 heteroatoms. The molecule has 1 N–H and O–H groups in total. The van der Waals surface area contributed by atoms with Gasteiger partial charge in [0, 0.05) is 22.9 Å². The van der Waals surface area contributed by atoms with Crippen LogP contribution in [0.3, 0.4) is 0 Å². The smallest absolute Gasteiger partial charge is 0.228 e. The molecule has 3 rings (SSSR count). The van der Waals surface area contributed by atoms with Gasteiger partial charge in [0.25, 0.3) is 0 Å². The number of thiazole rings is 1. The molecule has 2 heterocycles. The Morgan fingerprint density at radius 2 is 1.90 bits per heavy atom. The van der Waals surface area contributed by atoms with Crippen LogP contribution in [0.5, 0.6) is 11.5 Å². The van der Waals surface area contributed by atoms with Crippen molar-refractivity contribution >= 4 is 23.1 Å². The number of rotatable bonds is 8. The van der Waals surface area contributed by atoms with Gasteiger partial charge in [0.15, 0.2) is 11.5 Å². The molecule has 0 fully saturated rings. The molecule has 0 bridgehead atoms. The first kappa shape index (κ1) is 20.9. The number of benzene rings is 1. The highest BCUT2D eigenvalue weighted by Crippen LogP contribution is 2.33. The van der Waals surface area contributed by atoms with Gasteiger partial charge in [-0.05, 0) is 38.0 Å². The van der Waals surface area contributed by atoms with Crippen LogP contribution in [0.2, 0.25) is 0 Å². The summed E-state index contributed by atoms with van der Waals surface area (Å²) in [6, 6.07) is 7.54. The lowest BCUT2D eigenvalue weighted by molar-refractivity contribution is -0.120. The number of carbonyl (C=O) groups is 1. The zero-order valence-corrected chi connectivity index (χ0v) is 18.2. The van der Waals surface area contributed by atoms with Crippen molar-refractivity contribution in [2.45, 2.75) is 33.6 Å². The van der Waals surface area contributed by atoms with Crippen LogP contribution >= 0.6 is 11.3 Å². The van der Waals surface area contributed by atoms with Crippen LogP contribution in [-0.2, 0) is 4.79 Å². The third-order valence-electron chi connectivity index (χ3n) is 4.79. The Morgan fingerprint density at radius 3 is 2.55 bits per heavy atom. The predicted molar refractivity (Wildman–Crippen MR) is 115 cm³/mol. The molecular formula is C21H26N4O3S. The van der Waals surface area contributed by atoms with Gasteiger partial charge in [0.05, 0.1) is 25.6 Å². The zero-order valence-electron chi connectivity index (χ0n) is 17.4. The van der Waals surface area contributed by atoms with Crippen molar-refractivity contribution in [3.8, 4) is 27.9 Å². The molecule has 7 nitrogen and oxygen atoms in total. The Labute approximate surface area is 174 Å². The summed E-state index contributed by atoms with van der Waals surface area (Å²) in [5.41, 5.74) is 2.53. The monoisotopic (exact) mass is 414 g/mol. The molecule has 0 aliphatic heterocycles. The van der Waals surface area contributed by atoms with Crippen molar-refractivity contribution in [3.63, 3.8) is 0 Å². The first-order valence-corrected chi connectivity index (χ1v) is 10.4. The van der Waals surface area contributed by atoms with Gasteiger partial charge in [0.2, 0.25) is 11.0 Å². The maximum Gasteiger partial charge on any atom is 0.228 e. The summed E-state index contributed by atoms with van der Waals surface area (Å²) in [6.07, 6.45) is 1.60. The van der Waals surface area contributed by atoms with Gasteiger partial charge in [0.1, 0.15) is 5.82 Å². The van der Waals surface area contributed by atoms with E-state index in [1.54, 1.807) is 18.9 Å². The molecule has 0 atom stereocenters. The Hall–Kier alpha value is -2.87. The quantitative estimate of drug-likeness (QED) is 0.578. The number of hydrogen-bond acceptors (Lipinski definition) is 6. The van der Waals surface area contributed by atoms with Gasteiger partial charge in [-0.25, -0.2) is 4.98 Å². The molecule has 2 aromatic heterocycles. The number of carbonyl (C=O) groups excluding carboxylic acids is 1. The van der Waals surface area contributed by atoms with Crippen LogP contribution in [0.25, 0.3) is 16.4 Å². The minimum absolute atomic E-state index is 0.00724. The largest absolute Gasteiger partial charge is 0.493 e. The van der Waals surface area contributed by atoms with E-state index in [-0.39, 0.29) is 11.8 Å². The lowest BCUT2D eigenvalue weighted by Gasteiger charge is -2.13. The minimum atomic E-state index is -0.0164. The van der Waals surface area contributed by atoms with E-state index in [0.717, 1.165) is 29.8 Å². The highest BCUT2D eigenvalue weighted by atomic mass is 32.1. The summed E-state index contributed by atoms with van der Waals surface area (Å²) >= 11 is 1.46. The lowest BCUT2D eigenvalue weighted by atomic mass is 10.0. The zero-order chi connectivity index (χ0) is 21.0. The molecule has 0 unspecified atom stereocenters. The number of nitrogens with one attached hydrogen (secondary N) is 1. The van der Waals surface area contributed by atoms with Gasteiger partial charge in [-0.1, -0.05) is 13.8 Å². The lowest BCUT2D eigenvalue weighted by Crippen LogP contribution is -2.23. The second-order valence-corrected chi connectivity index (χ2v) is 7.51. The summed E-state index contributed by atoms with van der Waals surface area (Å²) < 4.78 is 12.4. The summed E-state index contributed by atoms with van der Waals surface area (Å²) in [6.45, 7) is 5.94. The molecule has 0 saturated heterocycles. The predicted octanol–water partition coefficient (Wildman–Crippen LogP) is 4.70. The van der Waals surface area contributed by atoms with E-state index in [2.05, 4.69) is 10.4 Å². The van der Waals surface area contributed by atoms with Gasteiger partial charge < -0.3 is 14.8 Å². The fourth-order valence-corrected chi connectivity index (χ4v) is 3.91. The summed E-state index contributed by atoms with van der Waals surface area (Å²) in [5.74, 6) is 1.94. The molecule has 154 valence electrons. The van der Waals surface area contributed by atoms with E-state index in [1.807, 2.05) is 50.4 Å². The second kappa shape index (κ2) is 9.09. The van der Waals surface area contributed by atoms with Crippen LogP contribution in [-0.4, -0.2) is 34.9 Å². The van der Waals surface area contributed by atoms with Crippen molar-refractivity contribution in [1.29, 1.82) is 0 Å². The highest BCUT2D eigenvalue weighted by molar-refractivity contribution is 7.12. The average Bonchev–Trinajstić information content (AvgIpc) is 3.35. The van der Waals surface area contributed by atoms with Gasteiger partial charge in [-0.2, -0.15) is 9.78 Å². The van der Waals surface area contributed by atoms with Crippen LogP contribution in [0, 0.1) is 12.8 Å². The number of aryl methyl sites for hydroxylation is 1. The van der Waals surface area contributed by atoms with E-state index >= 15 is 0 Å². The molecule has 0 radical (unpaired) electrons. The molecule has 29 heavy (non-hydrogen) atoms.